The maximum Gasteiger partial charge on any atom is 0.349 e. The lowest BCUT2D eigenvalue weighted by Crippen LogP contribution is -2.26. The molecule has 170 valence electrons. The van der Waals surface area contributed by atoms with Crippen LogP contribution < -0.4 is 4.74 Å². The van der Waals surface area contributed by atoms with Gasteiger partial charge in [-0.3, -0.25) is 0 Å². The third kappa shape index (κ3) is 5.87. The Morgan fingerprint density at radius 2 is 1.88 bits per heavy atom. The number of sulfonamides is 1. The minimum atomic E-state index is -3.99. The third-order valence-corrected chi connectivity index (χ3v) is 6.67. The van der Waals surface area contributed by atoms with Crippen LogP contribution in [0.3, 0.4) is 0 Å². The fourth-order valence-electron chi connectivity index (χ4n) is 3.04. The third-order valence-electron chi connectivity index (χ3n) is 4.67. The molecular weight excluding hydrogens is 471 g/mol. The average molecular weight is 489 g/mol. The Morgan fingerprint density at radius 3 is 2.48 bits per heavy atom. The van der Waals surface area contributed by atoms with Crippen LogP contribution >= 0.6 is 11.6 Å². The standard InChI is InChI=1S/C23H18ClFN2O5S/c1-27(33(30,31)21-11-18(24)10-19(25)12-21)14-15-5-7-20(8-6-15)32-22(23(28)29)17-4-2-3-16(9-17)13-26/h2-12,22H,14H2,1H3,(H,28,29). The monoisotopic (exact) mass is 488 g/mol. The fourth-order valence-corrected chi connectivity index (χ4v) is 4.54. The van der Waals surface area contributed by atoms with Crippen LogP contribution in [0.2, 0.25) is 5.02 Å². The van der Waals surface area contributed by atoms with Crippen LogP contribution in [0.5, 0.6) is 5.75 Å². The lowest BCUT2D eigenvalue weighted by molar-refractivity contribution is -0.145. The first-order chi connectivity index (χ1) is 15.6. The van der Waals surface area contributed by atoms with E-state index in [0.717, 1.165) is 16.4 Å². The molecule has 0 heterocycles. The van der Waals surface area contributed by atoms with Gasteiger partial charge < -0.3 is 9.84 Å². The number of nitriles is 1. The van der Waals surface area contributed by atoms with Crippen molar-refractivity contribution in [2.45, 2.75) is 17.5 Å². The largest absolute Gasteiger partial charge is 0.478 e. The van der Waals surface area contributed by atoms with Crippen LogP contribution in [0.15, 0.2) is 71.6 Å². The molecule has 0 aliphatic carbocycles. The normalized spacial score (nSPS) is 12.2. The Morgan fingerprint density at radius 1 is 1.18 bits per heavy atom. The van der Waals surface area contributed by atoms with Gasteiger partial charge in [0.2, 0.25) is 16.1 Å². The Labute approximate surface area is 195 Å². The number of aliphatic carboxylic acids is 1. The number of carboxylic acid groups (broad SMARTS) is 1. The number of benzene rings is 3. The quantitative estimate of drug-likeness (QED) is 0.504. The van der Waals surface area contributed by atoms with E-state index in [1.807, 2.05) is 6.07 Å². The van der Waals surface area contributed by atoms with Gasteiger partial charge in [-0.05, 0) is 48.0 Å². The number of hydrogen-bond acceptors (Lipinski definition) is 5. The highest BCUT2D eigenvalue weighted by Gasteiger charge is 2.24. The average Bonchev–Trinajstić information content (AvgIpc) is 2.77. The van der Waals surface area contributed by atoms with Crippen molar-refractivity contribution in [2.24, 2.45) is 0 Å². The second-order valence-corrected chi connectivity index (χ2v) is 9.56. The molecule has 0 bridgehead atoms. The second kappa shape index (κ2) is 10.0. The maximum absolute atomic E-state index is 13.6. The molecule has 0 aromatic heterocycles. The van der Waals surface area contributed by atoms with Gasteiger partial charge >= 0.3 is 5.97 Å². The molecule has 0 fully saturated rings. The Hall–Kier alpha value is -3.45. The summed E-state index contributed by atoms with van der Waals surface area (Å²) in [6.45, 7) is -0.0245. The number of carboxylic acids is 1. The zero-order valence-corrected chi connectivity index (χ0v) is 18.8. The summed E-state index contributed by atoms with van der Waals surface area (Å²) >= 11 is 5.77. The van der Waals surface area contributed by atoms with Crippen molar-refractivity contribution >= 4 is 27.6 Å². The van der Waals surface area contributed by atoms with Gasteiger partial charge in [0.25, 0.3) is 0 Å². The highest BCUT2D eigenvalue weighted by molar-refractivity contribution is 7.89. The summed E-state index contributed by atoms with van der Waals surface area (Å²) in [5.41, 5.74) is 1.21. The molecule has 1 atom stereocenters. The summed E-state index contributed by atoms with van der Waals surface area (Å²) < 4.78 is 45.7. The summed E-state index contributed by atoms with van der Waals surface area (Å²) in [6, 6.07) is 17.3. The number of nitrogens with zero attached hydrogens (tertiary/aromatic N) is 2. The van der Waals surface area contributed by atoms with E-state index >= 15 is 0 Å². The topological polar surface area (TPSA) is 108 Å². The van der Waals surface area contributed by atoms with E-state index in [2.05, 4.69) is 0 Å². The Kier molecular flexibility index (Phi) is 7.33. The van der Waals surface area contributed by atoms with Crippen molar-refractivity contribution in [1.82, 2.24) is 4.31 Å². The van der Waals surface area contributed by atoms with Gasteiger partial charge in [-0.2, -0.15) is 9.57 Å². The first kappa shape index (κ1) is 24.2. The van der Waals surface area contributed by atoms with Crippen molar-refractivity contribution in [1.29, 1.82) is 5.26 Å². The van der Waals surface area contributed by atoms with Crippen LogP contribution in [0.25, 0.3) is 0 Å². The molecule has 3 rings (SSSR count). The summed E-state index contributed by atoms with van der Waals surface area (Å²) in [5, 5.41) is 18.5. The van der Waals surface area contributed by atoms with Gasteiger partial charge in [-0.15, -0.1) is 0 Å². The predicted molar refractivity (Wildman–Crippen MR) is 119 cm³/mol. The molecule has 0 amide bonds. The molecule has 1 unspecified atom stereocenters. The first-order valence-corrected chi connectivity index (χ1v) is 11.3. The van der Waals surface area contributed by atoms with Gasteiger partial charge in [-0.1, -0.05) is 35.9 Å². The summed E-state index contributed by atoms with van der Waals surface area (Å²) in [5.74, 6) is -1.74. The van der Waals surface area contributed by atoms with E-state index in [0.29, 0.717) is 16.7 Å². The SMILES string of the molecule is CN(Cc1ccc(OC(C(=O)O)c2cccc(C#N)c2)cc1)S(=O)(=O)c1cc(F)cc(Cl)c1. The molecule has 7 nitrogen and oxygen atoms in total. The van der Waals surface area contributed by atoms with Crippen molar-refractivity contribution in [2.75, 3.05) is 7.05 Å². The van der Waals surface area contributed by atoms with Gasteiger partial charge in [0.1, 0.15) is 11.6 Å². The Balaban J connectivity index is 1.75. The zero-order valence-electron chi connectivity index (χ0n) is 17.3. The van der Waals surface area contributed by atoms with Crippen LogP contribution in [0, 0.1) is 17.1 Å². The van der Waals surface area contributed by atoms with Gasteiger partial charge in [-0.25, -0.2) is 17.6 Å². The van der Waals surface area contributed by atoms with E-state index in [1.54, 1.807) is 30.3 Å². The van der Waals surface area contributed by atoms with Crippen LogP contribution in [0.4, 0.5) is 4.39 Å². The molecule has 0 saturated carbocycles. The number of hydrogen-bond donors (Lipinski definition) is 1. The molecule has 33 heavy (non-hydrogen) atoms. The van der Waals surface area contributed by atoms with E-state index < -0.39 is 27.9 Å². The minimum absolute atomic E-state index is 0.0245. The second-order valence-electron chi connectivity index (χ2n) is 7.08. The summed E-state index contributed by atoms with van der Waals surface area (Å²) in [7, 11) is -2.64. The maximum atomic E-state index is 13.6. The van der Waals surface area contributed by atoms with Crippen molar-refractivity contribution < 1.29 is 27.4 Å². The minimum Gasteiger partial charge on any atom is -0.478 e. The van der Waals surface area contributed by atoms with Crippen LogP contribution in [-0.4, -0.2) is 30.8 Å². The smallest absolute Gasteiger partial charge is 0.349 e. The van der Waals surface area contributed by atoms with E-state index in [1.165, 1.54) is 31.3 Å². The predicted octanol–water partition coefficient (Wildman–Crippen LogP) is 4.38. The van der Waals surface area contributed by atoms with Gasteiger partial charge in [0.15, 0.2) is 0 Å². The van der Waals surface area contributed by atoms with Crippen LogP contribution in [-0.2, 0) is 21.4 Å². The molecule has 3 aromatic rings. The molecule has 0 radical (unpaired) electrons. The lowest BCUT2D eigenvalue weighted by atomic mass is 10.1. The number of rotatable bonds is 8. The first-order valence-electron chi connectivity index (χ1n) is 9.51. The molecule has 0 aliphatic rings. The lowest BCUT2D eigenvalue weighted by Gasteiger charge is -2.19. The van der Waals surface area contributed by atoms with Crippen molar-refractivity contribution in [3.63, 3.8) is 0 Å². The molecule has 0 aliphatic heterocycles. The molecule has 10 heteroatoms. The van der Waals surface area contributed by atoms with E-state index in [-0.39, 0.29) is 22.2 Å². The number of ether oxygens (including phenoxy) is 1. The molecule has 0 spiro atoms. The molecule has 0 saturated heterocycles. The molecular formula is C23H18ClFN2O5S. The van der Waals surface area contributed by atoms with Gasteiger partial charge in [0.05, 0.1) is 16.5 Å². The van der Waals surface area contributed by atoms with Crippen LogP contribution in [0.1, 0.15) is 22.8 Å². The van der Waals surface area contributed by atoms with Crippen molar-refractivity contribution in [3.05, 3.63) is 94.3 Å². The van der Waals surface area contributed by atoms with E-state index in [4.69, 9.17) is 21.6 Å². The Bertz CT molecular complexity index is 1300. The molecule has 3 aromatic carbocycles. The zero-order chi connectivity index (χ0) is 24.2. The number of carbonyl (C=O) groups is 1. The molecule has 1 N–H and O–H groups in total. The van der Waals surface area contributed by atoms with Crippen molar-refractivity contribution in [3.8, 4) is 11.8 Å². The number of halogens is 2. The fraction of sp³-hybridized carbons (Fsp3) is 0.130. The summed E-state index contributed by atoms with van der Waals surface area (Å²) in [4.78, 5) is 11.4. The highest BCUT2D eigenvalue weighted by Crippen LogP contribution is 2.25. The summed E-state index contributed by atoms with van der Waals surface area (Å²) in [6.07, 6.45) is -1.33. The van der Waals surface area contributed by atoms with Gasteiger partial charge in [0, 0.05) is 24.2 Å². The van der Waals surface area contributed by atoms with E-state index in [9.17, 15) is 22.7 Å². The highest BCUT2D eigenvalue weighted by atomic mass is 35.5.